The second kappa shape index (κ2) is 4.96. The van der Waals surface area contributed by atoms with Crippen molar-refractivity contribution in [3.05, 3.63) is 23.8 Å². The number of ether oxygens (including phenoxy) is 1. The first kappa shape index (κ1) is 10.9. The molecule has 0 amide bonds. The van der Waals surface area contributed by atoms with Crippen LogP contribution in [0.5, 0.6) is 5.75 Å². The van der Waals surface area contributed by atoms with Gasteiger partial charge in [-0.2, -0.15) is 0 Å². The predicted molar refractivity (Wildman–Crippen MR) is 69.7 cm³/mol. The number of aryl methyl sites for hydroxylation is 1. The number of anilines is 1. The maximum Gasteiger partial charge on any atom is 0.119 e. The SMILES string of the molecule is c1cc2c(cc1OCC1CCNC1)CCCN2. The van der Waals surface area contributed by atoms with Gasteiger partial charge in [0.1, 0.15) is 5.75 Å². The van der Waals surface area contributed by atoms with Crippen molar-refractivity contribution < 1.29 is 4.74 Å². The molecule has 0 aromatic heterocycles. The molecule has 0 saturated carbocycles. The van der Waals surface area contributed by atoms with Crippen molar-refractivity contribution in [1.29, 1.82) is 0 Å². The third-order valence-corrected chi connectivity index (χ3v) is 3.66. The molecule has 0 radical (unpaired) electrons. The number of hydrogen-bond acceptors (Lipinski definition) is 3. The Kier molecular flexibility index (Phi) is 3.18. The highest BCUT2D eigenvalue weighted by Gasteiger charge is 2.15. The summed E-state index contributed by atoms with van der Waals surface area (Å²) in [4.78, 5) is 0. The molecular weight excluding hydrogens is 212 g/mol. The minimum atomic E-state index is 0.684. The molecule has 2 aliphatic rings. The summed E-state index contributed by atoms with van der Waals surface area (Å²) in [5, 5.41) is 6.79. The van der Waals surface area contributed by atoms with E-state index in [2.05, 4.69) is 28.8 Å². The van der Waals surface area contributed by atoms with Crippen LogP contribution in [-0.4, -0.2) is 26.2 Å². The smallest absolute Gasteiger partial charge is 0.119 e. The first-order valence-corrected chi connectivity index (χ1v) is 6.62. The zero-order valence-electron chi connectivity index (χ0n) is 10.2. The van der Waals surface area contributed by atoms with Crippen molar-refractivity contribution in [1.82, 2.24) is 5.32 Å². The Bertz CT molecular complexity index is 386. The average molecular weight is 232 g/mol. The predicted octanol–water partition coefficient (Wildman–Crippen LogP) is 2.03. The summed E-state index contributed by atoms with van der Waals surface area (Å²) < 4.78 is 5.89. The van der Waals surface area contributed by atoms with E-state index in [4.69, 9.17) is 4.74 Å². The van der Waals surface area contributed by atoms with Gasteiger partial charge in [-0.1, -0.05) is 0 Å². The molecule has 1 fully saturated rings. The van der Waals surface area contributed by atoms with Gasteiger partial charge in [0.2, 0.25) is 0 Å². The summed E-state index contributed by atoms with van der Waals surface area (Å²) in [7, 11) is 0. The quantitative estimate of drug-likeness (QED) is 0.836. The molecule has 3 heteroatoms. The molecule has 17 heavy (non-hydrogen) atoms. The third-order valence-electron chi connectivity index (χ3n) is 3.66. The minimum absolute atomic E-state index is 0.684. The Morgan fingerprint density at radius 2 is 2.29 bits per heavy atom. The molecule has 2 heterocycles. The molecule has 3 nitrogen and oxygen atoms in total. The number of fused-ring (bicyclic) bond motifs is 1. The molecule has 0 spiro atoms. The molecule has 2 N–H and O–H groups in total. The van der Waals surface area contributed by atoms with E-state index in [1.165, 1.54) is 30.5 Å². The van der Waals surface area contributed by atoms with Gasteiger partial charge in [-0.05, 0) is 49.6 Å². The normalized spacial score (nSPS) is 22.9. The molecular formula is C14H20N2O. The Hall–Kier alpha value is -1.22. The monoisotopic (exact) mass is 232 g/mol. The van der Waals surface area contributed by atoms with E-state index < -0.39 is 0 Å². The lowest BCUT2D eigenvalue weighted by atomic mass is 10.0. The van der Waals surface area contributed by atoms with Crippen LogP contribution in [0.1, 0.15) is 18.4 Å². The Morgan fingerprint density at radius 3 is 3.18 bits per heavy atom. The number of nitrogens with one attached hydrogen (secondary N) is 2. The fourth-order valence-electron chi connectivity index (χ4n) is 2.61. The summed E-state index contributed by atoms with van der Waals surface area (Å²) in [6.07, 6.45) is 3.64. The van der Waals surface area contributed by atoms with Gasteiger partial charge in [-0.25, -0.2) is 0 Å². The second-order valence-corrected chi connectivity index (χ2v) is 5.02. The number of benzene rings is 1. The highest BCUT2D eigenvalue weighted by molar-refractivity contribution is 5.55. The van der Waals surface area contributed by atoms with Crippen molar-refractivity contribution in [2.45, 2.75) is 19.3 Å². The van der Waals surface area contributed by atoms with Gasteiger partial charge < -0.3 is 15.4 Å². The van der Waals surface area contributed by atoms with Crippen LogP contribution in [0.3, 0.4) is 0 Å². The molecule has 0 bridgehead atoms. The van der Waals surface area contributed by atoms with E-state index in [9.17, 15) is 0 Å². The number of rotatable bonds is 3. The Balaban J connectivity index is 1.62. The summed E-state index contributed by atoms with van der Waals surface area (Å²) in [6, 6.07) is 6.43. The van der Waals surface area contributed by atoms with Crippen LogP contribution >= 0.6 is 0 Å². The van der Waals surface area contributed by atoms with E-state index in [1.54, 1.807) is 0 Å². The van der Waals surface area contributed by atoms with Crippen LogP contribution < -0.4 is 15.4 Å². The van der Waals surface area contributed by atoms with Crippen LogP contribution in [-0.2, 0) is 6.42 Å². The lowest BCUT2D eigenvalue weighted by molar-refractivity contribution is 0.260. The zero-order valence-corrected chi connectivity index (χ0v) is 10.2. The van der Waals surface area contributed by atoms with Crippen molar-refractivity contribution in [2.24, 2.45) is 5.92 Å². The lowest BCUT2D eigenvalue weighted by Crippen LogP contribution is -2.16. The van der Waals surface area contributed by atoms with E-state index >= 15 is 0 Å². The Labute approximate surface area is 103 Å². The van der Waals surface area contributed by atoms with Crippen LogP contribution in [0.25, 0.3) is 0 Å². The van der Waals surface area contributed by atoms with Gasteiger partial charge in [0.25, 0.3) is 0 Å². The zero-order chi connectivity index (χ0) is 11.5. The minimum Gasteiger partial charge on any atom is -0.493 e. The topological polar surface area (TPSA) is 33.3 Å². The molecule has 2 aliphatic heterocycles. The van der Waals surface area contributed by atoms with Crippen LogP contribution in [0.15, 0.2) is 18.2 Å². The van der Waals surface area contributed by atoms with Crippen molar-refractivity contribution in [3.8, 4) is 5.75 Å². The highest BCUT2D eigenvalue weighted by Crippen LogP contribution is 2.26. The molecule has 1 aromatic carbocycles. The third kappa shape index (κ3) is 2.55. The fourth-order valence-corrected chi connectivity index (χ4v) is 2.61. The van der Waals surface area contributed by atoms with Crippen molar-refractivity contribution in [2.75, 3.05) is 31.6 Å². The molecule has 3 rings (SSSR count). The molecule has 1 aromatic rings. The average Bonchev–Trinajstić information content (AvgIpc) is 2.89. The maximum atomic E-state index is 5.89. The fraction of sp³-hybridized carbons (Fsp3) is 0.571. The molecule has 0 aliphatic carbocycles. The van der Waals surface area contributed by atoms with Gasteiger partial charge in [0.15, 0.2) is 0 Å². The van der Waals surface area contributed by atoms with Gasteiger partial charge >= 0.3 is 0 Å². The molecule has 92 valence electrons. The first-order chi connectivity index (χ1) is 8.42. The van der Waals surface area contributed by atoms with E-state index in [-0.39, 0.29) is 0 Å². The summed E-state index contributed by atoms with van der Waals surface area (Å²) in [5.41, 5.74) is 2.68. The van der Waals surface area contributed by atoms with E-state index in [1.807, 2.05) is 0 Å². The summed E-state index contributed by atoms with van der Waals surface area (Å²) >= 11 is 0. The first-order valence-electron chi connectivity index (χ1n) is 6.62. The van der Waals surface area contributed by atoms with Gasteiger partial charge in [0.05, 0.1) is 6.61 Å². The summed E-state index contributed by atoms with van der Waals surface area (Å²) in [6.45, 7) is 4.19. The van der Waals surface area contributed by atoms with E-state index in [0.29, 0.717) is 5.92 Å². The number of hydrogen-bond donors (Lipinski definition) is 2. The lowest BCUT2D eigenvalue weighted by Gasteiger charge is -2.19. The largest absolute Gasteiger partial charge is 0.493 e. The van der Waals surface area contributed by atoms with Crippen molar-refractivity contribution >= 4 is 5.69 Å². The molecule has 1 atom stereocenters. The standard InChI is InChI=1S/C14H20N2O/c1-2-12-8-13(3-4-14(12)16-6-1)17-10-11-5-7-15-9-11/h3-4,8,11,15-16H,1-2,5-7,9-10H2. The molecule has 1 saturated heterocycles. The highest BCUT2D eigenvalue weighted by atomic mass is 16.5. The van der Waals surface area contributed by atoms with Crippen LogP contribution in [0.4, 0.5) is 5.69 Å². The van der Waals surface area contributed by atoms with Gasteiger partial charge in [0, 0.05) is 24.7 Å². The second-order valence-electron chi connectivity index (χ2n) is 5.02. The van der Waals surface area contributed by atoms with Crippen LogP contribution in [0.2, 0.25) is 0 Å². The molecule has 1 unspecified atom stereocenters. The summed E-state index contributed by atoms with van der Waals surface area (Å²) in [5.74, 6) is 1.71. The Morgan fingerprint density at radius 1 is 1.29 bits per heavy atom. The van der Waals surface area contributed by atoms with Gasteiger partial charge in [-0.3, -0.25) is 0 Å². The van der Waals surface area contributed by atoms with Crippen molar-refractivity contribution in [3.63, 3.8) is 0 Å². The maximum absolute atomic E-state index is 5.89. The van der Waals surface area contributed by atoms with Gasteiger partial charge in [-0.15, -0.1) is 0 Å². The van der Waals surface area contributed by atoms with E-state index in [0.717, 1.165) is 32.0 Å². The van der Waals surface area contributed by atoms with Crippen LogP contribution in [0, 0.1) is 5.92 Å².